The fraction of sp³-hybridized carbons (Fsp3) is 0.179. The number of nitrogens with zero attached hydrogens (tertiary/aromatic N) is 2. The predicted molar refractivity (Wildman–Crippen MR) is 132 cm³/mol. The summed E-state index contributed by atoms with van der Waals surface area (Å²) in [4.78, 5) is 28.7. The first-order valence-corrected chi connectivity index (χ1v) is 11.2. The molecule has 0 saturated heterocycles. The lowest BCUT2D eigenvalue weighted by molar-refractivity contribution is -0.240. The second kappa shape index (κ2) is 9.92. The molecule has 192 valence electrons. The molecule has 0 aliphatic rings. The molecule has 0 aliphatic heterocycles. The molecule has 10 heteroatoms. The molecule has 1 atom stereocenters. The highest BCUT2D eigenvalue weighted by atomic mass is 19.4. The molecule has 4 rings (SSSR count). The van der Waals surface area contributed by atoms with Crippen molar-refractivity contribution < 1.29 is 27.8 Å². The van der Waals surface area contributed by atoms with Crippen LogP contribution in [0.25, 0.3) is 10.9 Å². The molecule has 4 aromatic rings. The Hall–Kier alpha value is -4.80. The fourth-order valence-electron chi connectivity index (χ4n) is 4.01. The van der Waals surface area contributed by atoms with Gasteiger partial charge in [0.05, 0.1) is 22.8 Å². The number of alkyl halides is 3. The summed E-state index contributed by atoms with van der Waals surface area (Å²) < 4.78 is 48.4. The molecule has 0 amide bonds. The average molecular weight is 519 g/mol. The predicted octanol–water partition coefficient (Wildman–Crippen LogP) is 4.21. The summed E-state index contributed by atoms with van der Waals surface area (Å²) in [6, 6.07) is 14.9. The van der Waals surface area contributed by atoms with Gasteiger partial charge in [-0.3, -0.25) is 4.79 Å². The number of benzene rings is 2. The lowest BCUT2D eigenvalue weighted by atomic mass is 9.93. The molecule has 38 heavy (non-hydrogen) atoms. The molecular formula is C28H20F3N3O4. The molecular weight excluding hydrogens is 499 g/mol. The number of aryl methyl sites for hydroxylation is 2. The Morgan fingerprint density at radius 3 is 2.42 bits per heavy atom. The molecule has 0 aliphatic carbocycles. The van der Waals surface area contributed by atoms with Crippen LogP contribution in [-0.4, -0.2) is 26.8 Å². The van der Waals surface area contributed by atoms with Gasteiger partial charge in [0, 0.05) is 35.5 Å². The van der Waals surface area contributed by atoms with Crippen molar-refractivity contribution in [2.45, 2.75) is 25.3 Å². The number of ether oxygens (including phenoxy) is 1. The van der Waals surface area contributed by atoms with Gasteiger partial charge in [0.25, 0.3) is 5.56 Å². The van der Waals surface area contributed by atoms with Gasteiger partial charge < -0.3 is 19.4 Å². The molecule has 0 fully saturated rings. The Morgan fingerprint density at radius 1 is 1.11 bits per heavy atom. The van der Waals surface area contributed by atoms with Gasteiger partial charge in [-0.05, 0) is 18.9 Å². The minimum absolute atomic E-state index is 0.0331. The normalized spacial score (nSPS) is 12.8. The van der Waals surface area contributed by atoms with E-state index in [1.165, 1.54) is 38.4 Å². The third-order valence-corrected chi connectivity index (χ3v) is 5.99. The zero-order chi connectivity index (χ0) is 27.7. The standard InChI is InChI=1S/C28H20F3N3O4/c1-17-22(26(36)38-16-20-9-7-6-8-18(20)14-32)23-19(15-34(2)25(35)24(23)33-17)12-13-27(37,28(29,30)31)21-10-4-3-5-11-21/h3-11,15,33,37H,16H2,1-2H3. The van der Waals surface area contributed by atoms with Gasteiger partial charge in [-0.15, -0.1) is 0 Å². The van der Waals surface area contributed by atoms with Crippen LogP contribution in [0.5, 0.6) is 0 Å². The van der Waals surface area contributed by atoms with Crippen molar-refractivity contribution in [3.05, 3.63) is 105 Å². The summed E-state index contributed by atoms with van der Waals surface area (Å²) in [5.74, 6) is 3.40. The first-order chi connectivity index (χ1) is 18.0. The van der Waals surface area contributed by atoms with E-state index in [4.69, 9.17) is 4.74 Å². The van der Waals surface area contributed by atoms with E-state index in [0.717, 1.165) is 16.7 Å². The maximum absolute atomic E-state index is 14.0. The first kappa shape index (κ1) is 26.3. The lowest BCUT2D eigenvalue weighted by Crippen LogP contribution is -2.41. The molecule has 7 nitrogen and oxygen atoms in total. The first-order valence-electron chi connectivity index (χ1n) is 11.2. The minimum atomic E-state index is -5.15. The number of H-pyrrole nitrogens is 1. The Labute approximate surface area is 214 Å². The smallest absolute Gasteiger partial charge is 0.433 e. The van der Waals surface area contributed by atoms with Crippen LogP contribution >= 0.6 is 0 Å². The van der Waals surface area contributed by atoms with Gasteiger partial charge in [0.2, 0.25) is 5.60 Å². The Balaban J connectivity index is 1.85. The van der Waals surface area contributed by atoms with Crippen LogP contribution in [0.15, 0.2) is 65.6 Å². The average Bonchev–Trinajstić information content (AvgIpc) is 3.25. The van der Waals surface area contributed by atoms with Crippen molar-refractivity contribution in [3.8, 4) is 17.9 Å². The highest BCUT2D eigenvalue weighted by Crippen LogP contribution is 2.38. The molecule has 2 aromatic carbocycles. The highest BCUT2D eigenvalue weighted by molar-refractivity contribution is 6.07. The number of carbonyl (C=O) groups is 1. The second-order valence-electron chi connectivity index (χ2n) is 8.50. The number of nitrogens with one attached hydrogen (secondary N) is 1. The Bertz CT molecular complexity index is 1700. The molecule has 2 heterocycles. The topological polar surface area (TPSA) is 108 Å². The summed E-state index contributed by atoms with van der Waals surface area (Å²) in [5.41, 5.74) is -3.79. The van der Waals surface area contributed by atoms with E-state index >= 15 is 0 Å². The minimum Gasteiger partial charge on any atom is -0.457 e. The SMILES string of the molecule is Cc1[nH]c2c(=O)n(C)cc(C#CC(O)(c3ccccc3)C(F)(F)F)c2c1C(=O)OCc1ccccc1C#N. The molecule has 0 bridgehead atoms. The van der Waals surface area contributed by atoms with E-state index in [0.29, 0.717) is 11.1 Å². The van der Waals surface area contributed by atoms with E-state index in [2.05, 4.69) is 10.9 Å². The number of carbonyl (C=O) groups excluding carboxylic acids is 1. The lowest BCUT2D eigenvalue weighted by Gasteiger charge is -2.25. The van der Waals surface area contributed by atoms with Crippen molar-refractivity contribution in [1.82, 2.24) is 9.55 Å². The number of rotatable bonds is 4. The van der Waals surface area contributed by atoms with Gasteiger partial charge in [0.15, 0.2) is 0 Å². The number of pyridine rings is 1. The summed E-state index contributed by atoms with van der Waals surface area (Å²) in [7, 11) is 1.38. The fourth-order valence-corrected chi connectivity index (χ4v) is 4.01. The van der Waals surface area contributed by atoms with Crippen LogP contribution in [0.3, 0.4) is 0 Å². The molecule has 0 spiro atoms. The van der Waals surface area contributed by atoms with Crippen LogP contribution in [0.1, 0.15) is 38.3 Å². The van der Waals surface area contributed by atoms with E-state index in [-0.39, 0.29) is 34.3 Å². The van der Waals surface area contributed by atoms with E-state index in [9.17, 15) is 33.1 Å². The Kier molecular flexibility index (Phi) is 6.86. The van der Waals surface area contributed by atoms with E-state index in [1.807, 2.05) is 12.0 Å². The number of hydrogen-bond acceptors (Lipinski definition) is 5. The second-order valence-corrected chi connectivity index (χ2v) is 8.50. The number of fused-ring (bicyclic) bond motifs is 1. The Morgan fingerprint density at radius 2 is 1.76 bits per heavy atom. The van der Waals surface area contributed by atoms with Crippen LogP contribution in [0.2, 0.25) is 0 Å². The van der Waals surface area contributed by atoms with Crippen LogP contribution < -0.4 is 5.56 Å². The van der Waals surface area contributed by atoms with Crippen LogP contribution in [-0.2, 0) is 24.0 Å². The molecule has 2 N–H and O–H groups in total. The number of aromatic amines is 1. The van der Waals surface area contributed by atoms with Gasteiger partial charge in [-0.1, -0.05) is 54.5 Å². The number of aliphatic hydroxyl groups is 1. The number of hydrogen-bond donors (Lipinski definition) is 2. The maximum Gasteiger partial charge on any atom is 0.433 e. The number of nitriles is 1. The van der Waals surface area contributed by atoms with Gasteiger partial charge in [-0.25, -0.2) is 4.79 Å². The summed E-state index contributed by atoms with van der Waals surface area (Å²) >= 11 is 0. The molecule has 2 aromatic heterocycles. The van der Waals surface area contributed by atoms with E-state index in [1.54, 1.807) is 24.3 Å². The number of aromatic nitrogens is 2. The number of halogens is 3. The van der Waals surface area contributed by atoms with Gasteiger partial charge in [0.1, 0.15) is 12.1 Å². The van der Waals surface area contributed by atoms with Crippen molar-refractivity contribution in [2.24, 2.45) is 7.05 Å². The monoisotopic (exact) mass is 519 g/mol. The van der Waals surface area contributed by atoms with Crippen molar-refractivity contribution >= 4 is 16.9 Å². The van der Waals surface area contributed by atoms with Crippen molar-refractivity contribution in [3.63, 3.8) is 0 Å². The molecule has 0 radical (unpaired) electrons. The molecule has 1 unspecified atom stereocenters. The summed E-state index contributed by atoms with van der Waals surface area (Å²) in [5, 5.41) is 19.9. The highest BCUT2D eigenvalue weighted by Gasteiger charge is 2.54. The quantitative estimate of drug-likeness (QED) is 0.310. The summed E-state index contributed by atoms with van der Waals surface area (Å²) in [6.07, 6.45) is -3.96. The largest absolute Gasteiger partial charge is 0.457 e. The van der Waals surface area contributed by atoms with Crippen LogP contribution in [0, 0.1) is 30.1 Å². The zero-order valence-corrected chi connectivity index (χ0v) is 20.2. The van der Waals surface area contributed by atoms with Crippen LogP contribution in [0.4, 0.5) is 13.2 Å². The van der Waals surface area contributed by atoms with Crippen molar-refractivity contribution in [2.75, 3.05) is 0 Å². The molecule has 0 saturated carbocycles. The number of esters is 1. The summed E-state index contributed by atoms with van der Waals surface area (Å²) in [6.45, 7) is 1.26. The third-order valence-electron chi connectivity index (χ3n) is 5.99. The van der Waals surface area contributed by atoms with E-state index < -0.39 is 28.9 Å². The van der Waals surface area contributed by atoms with Crippen molar-refractivity contribution in [1.29, 1.82) is 5.26 Å². The zero-order valence-electron chi connectivity index (χ0n) is 20.2. The van der Waals surface area contributed by atoms with Gasteiger partial charge in [-0.2, -0.15) is 18.4 Å². The maximum atomic E-state index is 14.0. The van der Waals surface area contributed by atoms with Gasteiger partial charge >= 0.3 is 12.1 Å². The third kappa shape index (κ3) is 4.65.